The quantitative estimate of drug-likeness (QED) is 0.244. The molecule has 4 aromatic rings. The SMILES string of the molecule is O=C1CCC(N2Cc3cc(N4CCN(CC5CCN(c6ccc(-c7cc(-c8cc9c([nH]8)CCNC9=O)ccn7)c(F)c6)CC5)CC4)ccc3C2=O)C(=O)N1. The highest BCUT2D eigenvalue weighted by atomic mass is 19.1. The topological polar surface area (TPSA) is 134 Å². The number of pyridine rings is 1. The number of carbonyl (C=O) groups excluding carboxylic acids is 4. The summed E-state index contributed by atoms with van der Waals surface area (Å²) < 4.78 is 15.6. The lowest BCUT2D eigenvalue weighted by molar-refractivity contribution is -0.136. The third-order valence-electron chi connectivity index (χ3n) is 11.8. The fraction of sp³-hybridized carbons (Fsp3) is 0.390. The van der Waals surface area contributed by atoms with Crippen molar-refractivity contribution in [2.24, 2.45) is 5.92 Å². The molecule has 2 aromatic heterocycles. The first-order chi connectivity index (χ1) is 26.3. The molecule has 3 fully saturated rings. The molecule has 0 spiro atoms. The van der Waals surface area contributed by atoms with Crippen molar-refractivity contribution < 1.29 is 23.6 Å². The summed E-state index contributed by atoms with van der Waals surface area (Å²) in [6, 6.07) is 16.4. The Hall–Kier alpha value is -5.56. The van der Waals surface area contributed by atoms with Crippen molar-refractivity contribution in [3.05, 3.63) is 89.0 Å². The molecule has 3 saturated heterocycles. The van der Waals surface area contributed by atoms with Crippen LogP contribution in [0.5, 0.6) is 0 Å². The van der Waals surface area contributed by atoms with Gasteiger partial charge in [-0.05, 0) is 85.3 Å². The molecule has 1 unspecified atom stereocenters. The van der Waals surface area contributed by atoms with Gasteiger partial charge in [-0.3, -0.25) is 34.4 Å². The van der Waals surface area contributed by atoms with Gasteiger partial charge in [0.15, 0.2) is 0 Å². The van der Waals surface area contributed by atoms with E-state index in [9.17, 15) is 19.2 Å². The molecule has 12 nitrogen and oxygen atoms in total. The number of benzene rings is 2. The molecular weight excluding hydrogens is 688 g/mol. The van der Waals surface area contributed by atoms with Crippen LogP contribution < -0.4 is 20.4 Å². The van der Waals surface area contributed by atoms with E-state index >= 15 is 4.39 Å². The maximum absolute atomic E-state index is 15.6. The number of anilines is 2. The maximum Gasteiger partial charge on any atom is 0.255 e. The molecule has 1 atom stereocenters. The molecule has 5 aliphatic heterocycles. The first kappa shape index (κ1) is 34.2. The largest absolute Gasteiger partial charge is 0.371 e. The Bertz CT molecular complexity index is 2150. The summed E-state index contributed by atoms with van der Waals surface area (Å²) in [5.41, 5.74) is 7.81. The average Bonchev–Trinajstić information content (AvgIpc) is 3.77. The minimum Gasteiger partial charge on any atom is -0.371 e. The van der Waals surface area contributed by atoms with E-state index in [0.717, 1.165) is 99.0 Å². The molecule has 3 N–H and O–H groups in total. The van der Waals surface area contributed by atoms with Crippen LogP contribution in [0.3, 0.4) is 0 Å². The number of halogens is 1. The number of piperidine rings is 2. The summed E-state index contributed by atoms with van der Waals surface area (Å²) in [6.45, 7) is 7.52. The zero-order valence-electron chi connectivity index (χ0n) is 30.1. The summed E-state index contributed by atoms with van der Waals surface area (Å²) in [5, 5.41) is 5.24. The van der Waals surface area contributed by atoms with Crippen LogP contribution in [0.25, 0.3) is 22.5 Å². The van der Waals surface area contributed by atoms with Crippen molar-refractivity contribution in [1.29, 1.82) is 0 Å². The number of hydrogen-bond donors (Lipinski definition) is 3. The van der Waals surface area contributed by atoms with Gasteiger partial charge in [0, 0.05) is 117 Å². The second kappa shape index (κ2) is 14.0. The van der Waals surface area contributed by atoms with Crippen LogP contribution in [0, 0.1) is 11.7 Å². The number of piperazine rings is 1. The van der Waals surface area contributed by atoms with E-state index in [1.165, 1.54) is 0 Å². The monoisotopic (exact) mass is 730 g/mol. The van der Waals surface area contributed by atoms with Gasteiger partial charge in [-0.25, -0.2) is 4.39 Å². The number of aromatic amines is 1. The zero-order valence-corrected chi connectivity index (χ0v) is 30.1. The van der Waals surface area contributed by atoms with Crippen LogP contribution in [0.4, 0.5) is 15.8 Å². The van der Waals surface area contributed by atoms with E-state index in [4.69, 9.17) is 0 Å². The lowest BCUT2D eigenvalue weighted by atomic mass is 9.95. The van der Waals surface area contributed by atoms with Crippen molar-refractivity contribution in [2.75, 3.05) is 62.2 Å². The zero-order chi connectivity index (χ0) is 36.9. The van der Waals surface area contributed by atoms with E-state index in [0.29, 0.717) is 47.8 Å². The minimum absolute atomic E-state index is 0.0750. The molecule has 54 heavy (non-hydrogen) atoms. The number of nitrogens with one attached hydrogen (secondary N) is 3. The summed E-state index contributed by atoms with van der Waals surface area (Å²) in [4.78, 5) is 66.0. The maximum atomic E-state index is 15.6. The van der Waals surface area contributed by atoms with Gasteiger partial charge in [0.2, 0.25) is 11.8 Å². The number of carbonyl (C=O) groups is 4. The molecular formula is C41H43FN8O4. The lowest BCUT2D eigenvalue weighted by Gasteiger charge is -2.40. The van der Waals surface area contributed by atoms with Crippen LogP contribution in [0.2, 0.25) is 0 Å². The highest BCUT2D eigenvalue weighted by molar-refractivity contribution is 6.05. The fourth-order valence-electron chi connectivity index (χ4n) is 8.79. The number of hydrogen-bond acceptors (Lipinski definition) is 8. The van der Waals surface area contributed by atoms with Crippen molar-refractivity contribution in [2.45, 2.75) is 44.7 Å². The molecule has 278 valence electrons. The van der Waals surface area contributed by atoms with Gasteiger partial charge in [-0.15, -0.1) is 0 Å². The molecule has 5 aliphatic rings. The Morgan fingerprint density at radius 1 is 0.778 bits per heavy atom. The van der Waals surface area contributed by atoms with Crippen LogP contribution >= 0.6 is 0 Å². The molecule has 7 heterocycles. The summed E-state index contributed by atoms with van der Waals surface area (Å²) in [6.07, 6.45) is 5.14. The van der Waals surface area contributed by atoms with Gasteiger partial charge in [0.05, 0.1) is 11.3 Å². The third kappa shape index (κ3) is 6.50. The Balaban J connectivity index is 0.766. The van der Waals surface area contributed by atoms with Crippen molar-refractivity contribution in [1.82, 2.24) is 30.4 Å². The lowest BCUT2D eigenvalue weighted by Crippen LogP contribution is -2.52. The molecule has 0 aliphatic carbocycles. The normalized spacial score (nSPS) is 20.9. The van der Waals surface area contributed by atoms with Crippen LogP contribution in [0.15, 0.2) is 60.8 Å². The van der Waals surface area contributed by atoms with Gasteiger partial charge in [-0.2, -0.15) is 0 Å². The first-order valence-corrected chi connectivity index (χ1v) is 19.0. The second-order valence-electron chi connectivity index (χ2n) is 15.1. The van der Waals surface area contributed by atoms with E-state index < -0.39 is 6.04 Å². The molecule has 0 radical (unpaired) electrons. The van der Waals surface area contributed by atoms with Crippen LogP contribution in [-0.4, -0.2) is 102 Å². The summed E-state index contributed by atoms with van der Waals surface area (Å²) in [7, 11) is 0. The predicted octanol–water partition coefficient (Wildman–Crippen LogP) is 3.97. The second-order valence-corrected chi connectivity index (χ2v) is 15.1. The minimum atomic E-state index is -0.607. The highest BCUT2D eigenvalue weighted by Gasteiger charge is 2.39. The van der Waals surface area contributed by atoms with Gasteiger partial charge < -0.3 is 25.0 Å². The highest BCUT2D eigenvalue weighted by Crippen LogP contribution is 2.33. The van der Waals surface area contributed by atoms with Crippen molar-refractivity contribution in [3.63, 3.8) is 0 Å². The summed E-state index contributed by atoms with van der Waals surface area (Å²) in [5.74, 6) is -0.614. The number of rotatable bonds is 7. The van der Waals surface area contributed by atoms with E-state index in [1.54, 1.807) is 17.2 Å². The Labute approximate surface area is 312 Å². The van der Waals surface area contributed by atoms with Gasteiger partial charge in [-0.1, -0.05) is 0 Å². The number of H-pyrrole nitrogens is 1. The summed E-state index contributed by atoms with van der Waals surface area (Å²) >= 11 is 0. The smallest absolute Gasteiger partial charge is 0.255 e. The number of imide groups is 1. The van der Waals surface area contributed by atoms with E-state index in [1.807, 2.05) is 42.5 Å². The molecule has 4 amide bonds. The van der Waals surface area contributed by atoms with Crippen LogP contribution in [0.1, 0.15) is 57.7 Å². The Kier molecular flexibility index (Phi) is 8.88. The molecule has 2 aromatic carbocycles. The Morgan fingerprint density at radius 2 is 1.54 bits per heavy atom. The fourth-order valence-corrected chi connectivity index (χ4v) is 8.79. The number of fused-ring (bicyclic) bond motifs is 2. The molecule has 0 bridgehead atoms. The van der Waals surface area contributed by atoms with Crippen molar-refractivity contribution in [3.8, 4) is 22.5 Å². The molecule has 9 rings (SSSR count). The predicted molar refractivity (Wildman–Crippen MR) is 202 cm³/mol. The van der Waals surface area contributed by atoms with Gasteiger partial charge in [0.1, 0.15) is 11.9 Å². The van der Waals surface area contributed by atoms with E-state index in [-0.39, 0.29) is 35.9 Å². The Morgan fingerprint density at radius 3 is 2.30 bits per heavy atom. The molecule has 13 heteroatoms. The van der Waals surface area contributed by atoms with Crippen molar-refractivity contribution >= 4 is 35.0 Å². The van der Waals surface area contributed by atoms with Gasteiger partial charge >= 0.3 is 0 Å². The van der Waals surface area contributed by atoms with E-state index in [2.05, 4.69) is 41.4 Å². The van der Waals surface area contributed by atoms with Gasteiger partial charge in [0.25, 0.3) is 11.8 Å². The van der Waals surface area contributed by atoms with Crippen LogP contribution in [-0.2, 0) is 22.6 Å². The first-order valence-electron chi connectivity index (χ1n) is 19.0. The number of amides is 4. The molecule has 0 saturated carbocycles. The third-order valence-corrected chi connectivity index (χ3v) is 11.8. The average molecular weight is 731 g/mol. The number of aromatic nitrogens is 2. The standard InChI is InChI=1S/C41H43FN8O4/c42-33-21-29(2-4-31(33)36-20-26(7-11-43-36)35-22-32-34(45-35)8-12-44-39(32)52)48-13-9-25(10-14-48)23-47-15-17-49(18-16-47)28-1-3-30-27(19-28)24-50(41(30)54)37-5-6-38(51)46-40(37)53/h1-4,7,11,19-22,25,37,45H,5-6,8-10,12-18,23-24H2,(H,44,52)(H,46,51,53). The number of nitrogens with zero attached hydrogens (tertiary/aromatic N) is 5.